The van der Waals surface area contributed by atoms with Crippen molar-refractivity contribution in [1.29, 1.82) is 0 Å². The van der Waals surface area contributed by atoms with Crippen LogP contribution in [-0.4, -0.2) is 46.6 Å². The number of carbonyl (C=O) groups is 2. The minimum Gasteiger partial charge on any atom is -0.457 e. The van der Waals surface area contributed by atoms with Gasteiger partial charge in [-0.3, -0.25) is 4.79 Å². The third-order valence-electron chi connectivity index (χ3n) is 6.60. The molecule has 0 radical (unpaired) electrons. The molecule has 3 aliphatic heterocycles. The number of ether oxygens (including phenoxy) is 3. The molecule has 5 aliphatic rings. The fourth-order valence-electron chi connectivity index (χ4n) is 5.59. The van der Waals surface area contributed by atoms with E-state index >= 15 is 0 Å². The van der Waals surface area contributed by atoms with Crippen LogP contribution in [0.5, 0.6) is 0 Å². The maximum Gasteiger partial charge on any atom is 0.342 e. The third kappa shape index (κ3) is 0.874. The first kappa shape index (κ1) is 12.2. The lowest BCUT2D eigenvalue weighted by Gasteiger charge is -2.51. The summed E-state index contributed by atoms with van der Waals surface area (Å²) < 4.78 is 16.6. The average Bonchev–Trinajstić information content (AvgIpc) is 2.86. The van der Waals surface area contributed by atoms with E-state index in [1.165, 1.54) is 0 Å². The number of hydrogen-bond donors (Lipinski definition) is 1. The first-order valence-electron chi connectivity index (χ1n) is 7.26. The van der Waals surface area contributed by atoms with Crippen LogP contribution in [0.4, 0.5) is 0 Å². The second-order valence-electron chi connectivity index (χ2n) is 7.25. The lowest BCUT2D eigenvalue weighted by molar-refractivity contribution is -0.195. The highest BCUT2D eigenvalue weighted by Crippen LogP contribution is 2.76. The molecule has 0 aromatic carbocycles. The maximum atomic E-state index is 12.3. The molecule has 5 fully saturated rings. The normalized spacial score (nSPS) is 62.0. The molecule has 6 nitrogen and oxygen atoms in total. The Morgan fingerprint density at radius 1 is 1.38 bits per heavy atom. The molecule has 3 saturated heterocycles. The van der Waals surface area contributed by atoms with Gasteiger partial charge in [-0.15, -0.1) is 0 Å². The number of hydrogen-bond acceptors (Lipinski definition) is 6. The van der Waals surface area contributed by atoms with Gasteiger partial charge in [-0.1, -0.05) is 12.2 Å². The van der Waals surface area contributed by atoms with E-state index in [0.717, 1.165) is 5.57 Å². The van der Waals surface area contributed by atoms with Crippen LogP contribution in [0.15, 0.2) is 12.2 Å². The van der Waals surface area contributed by atoms with Gasteiger partial charge in [-0.05, 0) is 13.8 Å². The van der Waals surface area contributed by atoms with Gasteiger partial charge in [0.25, 0.3) is 0 Å². The van der Waals surface area contributed by atoms with Crippen molar-refractivity contribution < 1.29 is 28.9 Å². The number of epoxide rings is 1. The number of rotatable bonds is 1. The molecule has 5 rings (SSSR count). The summed E-state index contributed by atoms with van der Waals surface area (Å²) >= 11 is 0. The number of esters is 2. The van der Waals surface area contributed by atoms with E-state index in [1.807, 2.05) is 6.92 Å². The minimum absolute atomic E-state index is 0.269. The first-order chi connectivity index (χ1) is 9.79. The lowest BCUT2D eigenvalue weighted by Crippen LogP contribution is -2.66. The van der Waals surface area contributed by atoms with Gasteiger partial charge in [0.15, 0.2) is 6.10 Å². The van der Waals surface area contributed by atoms with Crippen LogP contribution < -0.4 is 0 Å². The van der Waals surface area contributed by atoms with E-state index in [0.29, 0.717) is 0 Å². The second-order valence-corrected chi connectivity index (χ2v) is 7.25. The Morgan fingerprint density at radius 3 is 2.76 bits per heavy atom. The molecule has 8 atom stereocenters. The summed E-state index contributed by atoms with van der Waals surface area (Å²) in [5, 5.41) is 11.4. The Hall–Kier alpha value is -1.40. The van der Waals surface area contributed by atoms with Gasteiger partial charge in [0.1, 0.15) is 12.2 Å². The van der Waals surface area contributed by atoms with Crippen LogP contribution in [0, 0.1) is 17.3 Å². The molecule has 112 valence electrons. The van der Waals surface area contributed by atoms with Gasteiger partial charge < -0.3 is 19.3 Å². The monoisotopic (exact) mass is 292 g/mol. The maximum absolute atomic E-state index is 12.3. The van der Waals surface area contributed by atoms with Gasteiger partial charge in [-0.25, -0.2) is 4.79 Å². The molecular weight excluding hydrogens is 276 g/mol. The molecule has 6 heteroatoms. The standard InChI is InChI=1S/C15H16O6/c1-5(2)7-8-11(16)19-9(7)10-13(3)14(8,18)4-6-15(13,21-6)12(17)20-10/h6-10,18H,1,4H2,2-3H3/t6-,7?,8?,9?,10?,13+,14+,15-/m0/s1. The molecule has 2 bridgehead atoms. The zero-order chi connectivity index (χ0) is 14.9. The van der Waals surface area contributed by atoms with Crippen molar-refractivity contribution in [3.05, 3.63) is 12.2 Å². The SMILES string of the molecule is C=C(C)C1C2OC(=O)C1[C@]1(O)C[C@@H]3O[C@]34C(=O)OC2[C@]14C. The van der Waals surface area contributed by atoms with E-state index in [2.05, 4.69) is 6.58 Å². The van der Waals surface area contributed by atoms with Gasteiger partial charge in [0, 0.05) is 12.3 Å². The molecule has 0 aromatic heterocycles. The van der Waals surface area contributed by atoms with Crippen molar-refractivity contribution in [2.75, 3.05) is 0 Å². The topological polar surface area (TPSA) is 85.4 Å². The summed E-state index contributed by atoms with van der Waals surface area (Å²) in [6, 6.07) is 0. The highest BCUT2D eigenvalue weighted by atomic mass is 16.7. The Balaban J connectivity index is 1.78. The summed E-state index contributed by atoms with van der Waals surface area (Å²) in [5.74, 6) is -1.86. The number of carbonyl (C=O) groups excluding carboxylic acids is 2. The van der Waals surface area contributed by atoms with Crippen LogP contribution in [0.1, 0.15) is 20.3 Å². The summed E-state index contributed by atoms with van der Waals surface area (Å²) in [6.45, 7) is 7.55. The van der Waals surface area contributed by atoms with Gasteiger partial charge in [-0.2, -0.15) is 0 Å². The fraction of sp³-hybridized carbons (Fsp3) is 0.733. The zero-order valence-electron chi connectivity index (χ0n) is 11.8. The molecule has 3 heterocycles. The summed E-state index contributed by atoms with van der Waals surface area (Å²) in [7, 11) is 0. The average molecular weight is 292 g/mol. The van der Waals surface area contributed by atoms with Crippen molar-refractivity contribution in [3.63, 3.8) is 0 Å². The van der Waals surface area contributed by atoms with Crippen molar-refractivity contribution >= 4 is 11.9 Å². The van der Waals surface area contributed by atoms with Gasteiger partial charge in [0.2, 0.25) is 5.60 Å². The van der Waals surface area contributed by atoms with E-state index in [1.54, 1.807) is 6.92 Å². The van der Waals surface area contributed by atoms with Crippen LogP contribution in [-0.2, 0) is 23.8 Å². The van der Waals surface area contributed by atoms with E-state index in [9.17, 15) is 14.7 Å². The predicted octanol–water partition coefficient (Wildman–Crippen LogP) is -0.0620. The Bertz CT molecular complexity index is 642. The Morgan fingerprint density at radius 2 is 2.10 bits per heavy atom. The van der Waals surface area contributed by atoms with Crippen LogP contribution in [0.2, 0.25) is 0 Å². The van der Waals surface area contributed by atoms with Crippen molar-refractivity contribution in [2.45, 2.75) is 49.8 Å². The molecule has 1 spiro atoms. The van der Waals surface area contributed by atoms with Crippen LogP contribution in [0.25, 0.3) is 0 Å². The highest BCUT2D eigenvalue weighted by molar-refractivity contribution is 5.91. The molecule has 4 unspecified atom stereocenters. The number of aliphatic hydroxyl groups is 1. The zero-order valence-corrected chi connectivity index (χ0v) is 11.8. The van der Waals surface area contributed by atoms with E-state index in [4.69, 9.17) is 14.2 Å². The van der Waals surface area contributed by atoms with Crippen molar-refractivity contribution in [3.8, 4) is 0 Å². The predicted molar refractivity (Wildman–Crippen MR) is 66.8 cm³/mol. The Labute approximate surface area is 121 Å². The van der Waals surface area contributed by atoms with E-state index in [-0.39, 0.29) is 18.4 Å². The largest absolute Gasteiger partial charge is 0.457 e. The van der Waals surface area contributed by atoms with Crippen LogP contribution >= 0.6 is 0 Å². The quantitative estimate of drug-likeness (QED) is 0.414. The third-order valence-corrected chi connectivity index (χ3v) is 6.60. The number of fused-ring (bicyclic) bond motifs is 4. The smallest absolute Gasteiger partial charge is 0.342 e. The van der Waals surface area contributed by atoms with Crippen molar-refractivity contribution in [1.82, 2.24) is 0 Å². The molecular formula is C15H16O6. The summed E-state index contributed by atoms with van der Waals surface area (Å²) in [5.41, 5.74) is -2.60. The lowest BCUT2D eigenvalue weighted by atomic mass is 9.53. The molecule has 2 saturated carbocycles. The van der Waals surface area contributed by atoms with E-state index < -0.39 is 46.7 Å². The molecule has 1 N–H and O–H groups in total. The van der Waals surface area contributed by atoms with Gasteiger partial charge in [0.05, 0.1) is 16.9 Å². The first-order valence-corrected chi connectivity index (χ1v) is 7.26. The second kappa shape index (κ2) is 2.90. The minimum atomic E-state index is -1.35. The summed E-state index contributed by atoms with van der Waals surface area (Å²) in [6.07, 6.45) is -1.34. The molecule has 0 aromatic rings. The summed E-state index contributed by atoms with van der Waals surface area (Å²) in [4.78, 5) is 24.7. The van der Waals surface area contributed by atoms with Gasteiger partial charge >= 0.3 is 11.9 Å². The van der Waals surface area contributed by atoms with Crippen molar-refractivity contribution in [2.24, 2.45) is 17.3 Å². The fourth-order valence-corrected chi connectivity index (χ4v) is 5.59. The van der Waals surface area contributed by atoms with Crippen LogP contribution in [0.3, 0.4) is 0 Å². The highest BCUT2D eigenvalue weighted by Gasteiger charge is 2.95. The molecule has 2 aliphatic carbocycles. The Kier molecular flexibility index (Phi) is 1.68. The molecule has 0 amide bonds. The molecule has 21 heavy (non-hydrogen) atoms.